The maximum Gasteiger partial charge on any atom is 0.261 e. The lowest BCUT2D eigenvalue weighted by Gasteiger charge is -2.05. The number of nitrogens with two attached hydrogens (primary N) is 1. The molecule has 2 aromatic rings. The number of oxime groups is 1. The van der Waals surface area contributed by atoms with Crippen LogP contribution in [-0.4, -0.2) is 17.0 Å². The van der Waals surface area contributed by atoms with Crippen molar-refractivity contribution in [3.05, 3.63) is 56.7 Å². The fourth-order valence-corrected chi connectivity index (χ4v) is 2.52. The van der Waals surface area contributed by atoms with Crippen LogP contribution in [0.25, 0.3) is 0 Å². The number of amidine groups is 1. The number of nitrogens with one attached hydrogen (secondary N) is 1. The van der Waals surface area contributed by atoms with E-state index in [4.69, 9.17) is 22.5 Å². The average Bonchev–Trinajstić information content (AvgIpc) is 2.91. The summed E-state index contributed by atoms with van der Waals surface area (Å²) in [7, 11) is 0. The normalized spacial score (nSPS) is 11.3. The highest BCUT2D eigenvalue weighted by Gasteiger charge is 2.08. The molecule has 7 heteroatoms. The second-order valence-corrected chi connectivity index (χ2v) is 5.68. The third-order valence-electron chi connectivity index (χ3n) is 2.61. The van der Waals surface area contributed by atoms with Gasteiger partial charge in [0.25, 0.3) is 5.91 Å². The number of amides is 1. The van der Waals surface area contributed by atoms with Crippen LogP contribution in [0.5, 0.6) is 0 Å². The molecule has 20 heavy (non-hydrogen) atoms. The Morgan fingerprint density at radius 2 is 2.00 bits per heavy atom. The highest BCUT2D eigenvalue weighted by molar-refractivity contribution is 7.17. The molecule has 1 aromatic carbocycles. The zero-order chi connectivity index (χ0) is 14.5. The summed E-state index contributed by atoms with van der Waals surface area (Å²) in [6.07, 6.45) is 0. The minimum absolute atomic E-state index is 0.0498. The van der Waals surface area contributed by atoms with Crippen molar-refractivity contribution in [3.63, 3.8) is 0 Å². The van der Waals surface area contributed by atoms with Crippen LogP contribution < -0.4 is 11.1 Å². The Kier molecular flexibility index (Phi) is 4.60. The van der Waals surface area contributed by atoms with Crippen LogP contribution in [0.2, 0.25) is 4.34 Å². The van der Waals surface area contributed by atoms with Gasteiger partial charge >= 0.3 is 0 Å². The Hall–Kier alpha value is -2.05. The SMILES string of the molecule is NC(=NO)c1ccc(CNC(=O)c2ccc(Cl)s2)cc1. The lowest BCUT2D eigenvalue weighted by atomic mass is 10.1. The summed E-state index contributed by atoms with van der Waals surface area (Å²) in [5.74, 6) is -0.115. The number of carbonyl (C=O) groups is 1. The molecule has 4 N–H and O–H groups in total. The molecular weight excluding hydrogens is 298 g/mol. The number of thiophene rings is 1. The monoisotopic (exact) mass is 309 g/mol. The number of rotatable bonds is 4. The van der Waals surface area contributed by atoms with Crippen LogP contribution in [0.15, 0.2) is 41.6 Å². The van der Waals surface area contributed by atoms with Gasteiger partial charge < -0.3 is 16.3 Å². The number of carbonyl (C=O) groups excluding carboxylic acids is 1. The first-order valence-electron chi connectivity index (χ1n) is 5.70. The van der Waals surface area contributed by atoms with E-state index < -0.39 is 0 Å². The van der Waals surface area contributed by atoms with Crippen molar-refractivity contribution in [1.29, 1.82) is 0 Å². The summed E-state index contributed by atoms with van der Waals surface area (Å²) < 4.78 is 0.582. The molecule has 104 valence electrons. The van der Waals surface area contributed by atoms with Crippen molar-refractivity contribution in [2.45, 2.75) is 6.54 Å². The lowest BCUT2D eigenvalue weighted by molar-refractivity contribution is 0.0955. The molecule has 0 aliphatic heterocycles. The molecule has 0 aliphatic rings. The molecule has 0 unspecified atom stereocenters. The van der Waals surface area contributed by atoms with Gasteiger partial charge in [-0.15, -0.1) is 11.3 Å². The topological polar surface area (TPSA) is 87.7 Å². The summed E-state index contributed by atoms with van der Waals surface area (Å²) in [5.41, 5.74) is 6.99. The van der Waals surface area contributed by atoms with Gasteiger partial charge in [-0.25, -0.2) is 0 Å². The molecular formula is C13H12ClN3O2S. The second-order valence-electron chi connectivity index (χ2n) is 3.97. The maximum atomic E-state index is 11.8. The van der Waals surface area contributed by atoms with Gasteiger partial charge in [0, 0.05) is 12.1 Å². The van der Waals surface area contributed by atoms with Crippen molar-refractivity contribution >= 4 is 34.7 Å². The summed E-state index contributed by atoms with van der Waals surface area (Å²) in [5, 5.41) is 14.3. The number of benzene rings is 1. The highest BCUT2D eigenvalue weighted by Crippen LogP contribution is 2.21. The predicted molar refractivity (Wildman–Crippen MR) is 79.5 cm³/mol. The smallest absolute Gasteiger partial charge is 0.261 e. The molecule has 0 radical (unpaired) electrons. The molecule has 0 fully saturated rings. The Bertz CT molecular complexity index is 637. The third kappa shape index (κ3) is 3.49. The largest absolute Gasteiger partial charge is 0.409 e. The Morgan fingerprint density at radius 3 is 2.55 bits per heavy atom. The first-order valence-corrected chi connectivity index (χ1v) is 6.90. The molecule has 1 aromatic heterocycles. The molecule has 1 heterocycles. The van der Waals surface area contributed by atoms with Crippen molar-refractivity contribution in [1.82, 2.24) is 5.32 Å². The first-order chi connectivity index (χ1) is 9.60. The molecule has 0 atom stereocenters. The van der Waals surface area contributed by atoms with Gasteiger partial charge in [0.2, 0.25) is 0 Å². The fraction of sp³-hybridized carbons (Fsp3) is 0.0769. The Morgan fingerprint density at radius 1 is 1.30 bits per heavy atom. The van der Waals surface area contributed by atoms with Crippen LogP contribution in [0.3, 0.4) is 0 Å². The van der Waals surface area contributed by atoms with E-state index in [-0.39, 0.29) is 11.7 Å². The Balaban J connectivity index is 1.96. The minimum Gasteiger partial charge on any atom is -0.409 e. The fourth-order valence-electron chi connectivity index (χ4n) is 1.56. The van der Waals surface area contributed by atoms with E-state index in [1.165, 1.54) is 11.3 Å². The van der Waals surface area contributed by atoms with E-state index in [1.54, 1.807) is 36.4 Å². The number of halogens is 1. The van der Waals surface area contributed by atoms with E-state index in [0.717, 1.165) is 5.56 Å². The molecule has 0 aliphatic carbocycles. The third-order valence-corrected chi connectivity index (χ3v) is 3.84. The Labute approximate surface area is 124 Å². The van der Waals surface area contributed by atoms with Gasteiger partial charge in [0.05, 0.1) is 9.21 Å². The van der Waals surface area contributed by atoms with Crippen LogP contribution in [-0.2, 0) is 6.54 Å². The van der Waals surface area contributed by atoms with E-state index in [0.29, 0.717) is 21.3 Å². The zero-order valence-corrected chi connectivity index (χ0v) is 11.9. The van der Waals surface area contributed by atoms with E-state index in [2.05, 4.69) is 10.5 Å². The maximum absolute atomic E-state index is 11.8. The molecule has 2 rings (SSSR count). The number of hydrogen-bond acceptors (Lipinski definition) is 4. The van der Waals surface area contributed by atoms with Crippen LogP contribution >= 0.6 is 22.9 Å². The van der Waals surface area contributed by atoms with Crippen molar-refractivity contribution < 1.29 is 10.0 Å². The first kappa shape index (κ1) is 14.4. The predicted octanol–water partition coefficient (Wildman–Crippen LogP) is 2.43. The molecule has 0 saturated heterocycles. The quantitative estimate of drug-likeness (QED) is 0.351. The van der Waals surface area contributed by atoms with Gasteiger partial charge in [-0.1, -0.05) is 41.0 Å². The molecule has 0 spiro atoms. The van der Waals surface area contributed by atoms with Crippen LogP contribution in [0, 0.1) is 0 Å². The van der Waals surface area contributed by atoms with Crippen LogP contribution in [0.1, 0.15) is 20.8 Å². The number of nitrogens with zero attached hydrogens (tertiary/aromatic N) is 1. The zero-order valence-electron chi connectivity index (χ0n) is 10.3. The molecule has 0 bridgehead atoms. The highest BCUT2D eigenvalue weighted by atomic mass is 35.5. The summed E-state index contributed by atoms with van der Waals surface area (Å²) in [6, 6.07) is 10.4. The van der Waals surface area contributed by atoms with Gasteiger partial charge in [0.1, 0.15) is 0 Å². The molecule has 5 nitrogen and oxygen atoms in total. The number of hydrogen-bond donors (Lipinski definition) is 3. The van der Waals surface area contributed by atoms with E-state index in [1.807, 2.05) is 0 Å². The van der Waals surface area contributed by atoms with Gasteiger partial charge in [-0.05, 0) is 17.7 Å². The summed E-state index contributed by atoms with van der Waals surface area (Å²) in [6.45, 7) is 0.394. The van der Waals surface area contributed by atoms with E-state index in [9.17, 15) is 4.79 Å². The van der Waals surface area contributed by atoms with Crippen molar-refractivity contribution in [2.24, 2.45) is 10.9 Å². The van der Waals surface area contributed by atoms with Gasteiger partial charge in [-0.3, -0.25) is 4.79 Å². The lowest BCUT2D eigenvalue weighted by Crippen LogP contribution is -2.21. The van der Waals surface area contributed by atoms with Gasteiger partial charge in [0.15, 0.2) is 5.84 Å². The van der Waals surface area contributed by atoms with E-state index >= 15 is 0 Å². The standard InChI is InChI=1S/C13H12ClN3O2S/c14-11-6-5-10(20-11)13(18)16-7-8-1-3-9(4-2-8)12(15)17-19/h1-6,19H,7H2,(H2,15,17)(H,16,18). The molecule has 1 amide bonds. The average molecular weight is 310 g/mol. The minimum atomic E-state index is -0.164. The van der Waals surface area contributed by atoms with Crippen molar-refractivity contribution in [3.8, 4) is 0 Å². The second kappa shape index (κ2) is 6.40. The van der Waals surface area contributed by atoms with Gasteiger partial charge in [-0.2, -0.15) is 0 Å². The summed E-state index contributed by atoms with van der Waals surface area (Å²) >= 11 is 7.01. The molecule has 0 saturated carbocycles. The van der Waals surface area contributed by atoms with Crippen molar-refractivity contribution in [2.75, 3.05) is 0 Å². The summed E-state index contributed by atoms with van der Waals surface area (Å²) in [4.78, 5) is 12.4. The van der Waals surface area contributed by atoms with Crippen LogP contribution in [0.4, 0.5) is 0 Å².